The number of carboxylic acid groups (broad SMARTS) is 1. The van der Waals surface area contributed by atoms with Gasteiger partial charge in [0.05, 0.1) is 16.9 Å². The van der Waals surface area contributed by atoms with Crippen LogP contribution in [0.4, 0.5) is 0 Å². The molecule has 0 aliphatic carbocycles. The fraction of sp³-hybridized carbons (Fsp3) is 0.273. The van der Waals surface area contributed by atoms with Crippen LogP contribution in [0.25, 0.3) is 11.0 Å². The zero-order valence-corrected chi connectivity index (χ0v) is 15.1. The van der Waals surface area contributed by atoms with Gasteiger partial charge in [0.15, 0.2) is 0 Å². The van der Waals surface area contributed by atoms with Crippen molar-refractivity contribution in [3.05, 3.63) is 76.1 Å². The van der Waals surface area contributed by atoms with E-state index in [1.807, 2.05) is 13.0 Å². The minimum absolute atomic E-state index is 0.00315. The van der Waals surface area contributed by atoms with Gasteiger partial charge in [-0.15, -0.1) is 0 Å². The molecule has 0 spiro atoms. The minimum Gasteiger partial charge on any atom is -0.507 e. The van der Waals surface area contributed by atoms with Gasteiger partial charge >= 0.3 is 11.6 Å². The lowest BCUT2D eigenvalue weighted by Gasteiger charge is -2.25. The molecule has 0 bridgehead atoms. The van der Waals surface area contributed by atoms with Crippen molar-refractivity contribution in [2.24, 2.45) is 5.92 Å². The fourth-order valence-electron chi connectivity index (χ4n) is 3.54. The van der Waals surface area contributed by atoms with Gasteiger partial charge in [-0.25, -0.2) is 4.79 Å². The molecule has 3 aromatic rings. The molecule has 0 fully saturated rings. The highest BCUT2D eigenvalue weighted by molar-refractivity contribution is 5.85. The van der Waals surface area contributed by atoms with Crippen molar-refractivity contribution in [2.45, 2.75) is 32.1 Å². The van der Waals surface area contributed by atoms with Gasteiger partial charge in [0.1, 0.15) is 11.3 Å². The summed E-state index contributed by atoms with van der Waals surface area (Å²) >= 11 is 0. The summed E-state index contributed by atoms with van der Waals surface area (Å²) in [5, 5.41) is 21.1. The topological polar surface area (TPSA) is 87.7 Å². The summed E-state index contributed by atoms with van der Waals surface area (Å²) in [5.41, 5.74) is 0.237. The van der Waals surface area contributed by atoms with Crippen LogP contribution < -0.4 is 5.63 Å². The van der Waals surface area contributed by atoms with Crippen molar-refractivity contribution in [1.82, 2.24) is 0 Å². The van der Waals surface area contributed by atoms with Gasteiger partial charge in [-0.05, 0) is 24.1 Å². The lowest BCUT2D eigenvalue weighted by atomic mass is 9.78. The maximum Gasteiger partial charge on any atom is 0.343 e. The van der Waals surface area contributed by atoms with Gasteiger partial charge in [-0.2, -0.15) is 0 Å². The van der Waals surface area contributed by atoms with Gasteiger partial charge < -0.3 is 14.6 Å². The number of benzene rings is 2. The van der Waals surface area contributed by atoms with Crippen LogP contribution in [0.1, 0.15) is 43.2 Å². The predicted molar refractivity (Wildman–Crippen MR) is 103 cm³/mol. The predicted octanol–water partition coefficient (Wildman–Crippen LogP) is 4.52. The third-order valence-electron chi connectivity index (χ3n) is 4.88. The van der Waals surface area contributed by atoms with E-state index in [2.05, 4.69) is 0 Å². The molecule has 140 valence electrons. The van der Waals surface area contributed by atoms with Crippen LogP contribution in [-0.4, -0.2) is 16.2 Å². The summed E-state index contributed by atoms with van der Waals surface area (Å²) in [6.45, 7) is 1.98. The standard InChI is InChI=1S/C22H22O5/c1-2-3-11-16(21(24)25)18(14-9-5-4-6-10-14)19-20(23)15-12-7-8-13-17(15)27-22(19)26/h4-10,12-13,16,18,23H,2-3,11H2,1H3,(H,24,25). The maximum atomic E-state index is 12.8. The molecule has 0 radical (unpaired) electrons. The Kier molecular flexibility index (Phi) is 5.60. The first kappa shape index (κ1) is 18.7. The lowest BCUT2D eigenvalue weighted by Crippen LogP contribution is -2.27. The second-order valence-electron chi connectivity index (χ2n) is 6.62. The molecule has 2 aromatic carbocycles. The Morgan fingerprint density at radius 3 is 2.41 bits per heavy atom. The fourth-order valence-corrected chi connectivity index (χ4v) is 3.54. The highest BCUT2D eigenvalue weighted by Gasteiger charge is 2.35. The second-order valence-corrected chi connectivity index (χ2v) is 6.62. The van der Waals surface area contributed by atoms with E-state index in [4.69, 9.17) is 4.42 Å². The zero-order valence-electron chi connectivity index (χ0n) is 15.1. The molecule has 0 amide bonds. The van der Waals surface area contributed by atoms with Gasteiger partial charge in [0.2, 0.25) is 0 Å². The summed E-state index contributed by atoms with van der Waals surface area (Å²) in [5.74, 6) is -2.85. The number of hydrogen-bond donors (Lipinski definition) is 2. The molecule has 1 aromatic heterocycles. The van der Waals surface area contributed by atoms with E-state index in [1.54, 1.807) is 48.5 Å². The Labute approximate surface area is 156 Å². The third-order valence-corrected chi connectivity index (χ3v) is 4.88. The smallest absolute Gasteiger partial charge is 0.343 e. The van der Waals surface area contributed by atoms with Crippen LogP contribution in [0.5, 0.6) is 5.75 Å². The number of fused-ring (bicyclic) bond motifs is 1. The SMILES string of the molecule is CCCCC(C(=O)O)C(c1ccccc1)c1c(O)c2ccccc2oc1=O. The van der Waals surface area contributed by atoms with Crippen molar-refractivity contribution in [3.63, 3.8) is 0 Å². The zero-order chi connectivity index (χ0) is 19.4. The number of carbonyl (C=O) groups is 1. The van der Waals surface area contributed by atoms with E-state index >= 15 is 0 Å². The molecule has 3 rings (SSSR count). The molecule has 0 aliphatic heterocycles. The first-order valence-electron chi connectivity index (χ1n) is 9.07. The maximum absolute atomic E-state index is 12.8. The van der Waals surface area contributed by atoms with Crippen LogP contribution in [0.15, 0.2) is 63.8 Å². The van der Waals surface area contributed by atoms with Crippen LogP contribution in [0.2, 0.25) is 0 Å². The number of hydrogen-bond acceptors (Lipinski definition) is 4. The van der Waals surface area contributed by atoms with Gasteiger partial charge in [-0.1, -0.05) is 62.2 Å². The number of unbranched alkanes of at least 4 members (excludes halogenated alkanes) is 1. The molecule has 2 unspecified atom stereocenters. The van der Waals surface area contributed by atoms with Crippen LogP contribution >= 0.6 is 0 Å². The van der Waals surface area contributed by atoms with Crippen molar-refractivity contribution < 1.29 is 19.4 Å². The van der Waals surface area contributed by atoms with E-state index in [0.717, 1.165) is 6.42 Å². The Balaban J connectivity index is 2.26. The summed E-state index contributed by atoms with van der Waals surface area (Å²) in [6.07, 6.45) is 1.95. The molecular formula is C22H22O5. The monoisotopic (exact) mass is 366 g/mol. The number of carboxylic acids is 1. The molecular weight excluding hydrogens is 344 g/mol. The van der Waals surface area contributed by atoms with Crippen molar-refractivity contribution in [1.29, 1.82) is 0 Å². The normalized spacial score (nSPS) is 13.4. The second kappa shape index (κ2) is 8.08. The molecule has 0 aliphatic rings. The average Bonchev–Trinajstić information content (AvgIpc) is 2.67. The Bertz CT molecular complexity index is 991. The van der Waals surface area contributed by atoms with Crippen molar-refractivity contribution in [2.75, 3.05) is 0 Å². The van der Waals surface area contributed by atoms with E-state index in [1.165, 1.54) is 0 Å². The average molecular weight is 366 g/mol. The molecule has 1 heterocycles. The van der Waals surface area contributed by atoms with E-state index in [-0.39, 0.29) is 16.9 Å². The summed E-state index contributed by atoms with van der Waals surface area (Å²) < 4.78 is 5.40. The molecule has 5 heteroatoms. The van der Waals surface area contributed by atoms with Crippen molar-refractivity contribution in [3.8, 4) is 5.75 Å². The quantitative estimate of drug-likeness (QED) is 0.600. The first-order valence-corrected chi connectivity index (χ1v) is 9.07. The number of aromatic hydroxyl groups is 1. The Hall–Kier alpha value is -3.08. The molecule has 0 saturated carbocycles. The van der Waals surface area contributed by atoms with E-state index in [0.29, 0.717) is 23.8 Å². The van der Waals surface area contributed by atoms with Crippen molar-refractivity contribution >= 4 is 16.9 Å². The van der Waals surface area contributed by atoms with E-state index < -0.39 is 23.4 Å². The molecule has 2 N–H and O–H groups in total. The number of para-hydroxylation sites is 1. The molecule has 0 saturated heterocycles. The van der Waals surface area contributed by atoms with Crippen LogP contribution in [0, 0.1) is 5.92 Å². The van der Waals surface area contributed by atoms with Crippen LogP contribution in [-0.2, 0) is 4.79 Å². The first-order chi connectivity index (χ1) is 13.0. The summed E-state index contributed by atoms with van der Waals surface area (Å²) in [4.78, 5) is 24.8. The van der Waals surface area contributed by atoms with E-state index in [9.17, 15) is 19.8 Å². The summed E-state index contributed by atoms with van der Waals surface area (Å²) in [6, 6.07) is 15.7. The third kappa shape index (κ3) is 3.72. The summed E-state index contributed by atoms with van der Waals surface area (Å²) in [7, 11) is 0. The molecule has 5 nitrogen and oxygen atoms in total. The van der Waals surface area contributed by atoms with Gasteiger partial charge in [0.25, 0.3) is 0 Å². The largest absolute Gasteiger partial charge is 0.507 e. The molecule has 2 atom stereocenters. The Morgan fingerprint density at radius 2 is 1.74 bits per heavy atom. The highest BCUT2D eigenvalue weighted by atomic mass is 16.4. The van der Waals surface area contributed by atoms with Gasteiger partial charge in [0, 0.05) is 5.92 Å². The number of rotatable bonds is 7. The lowest BCUT2D eigenvalue weighted by molar-refractivity contribution is -0.142. The van der Waals surface area contributed by atoms with Crippen LogP contribution in [0.3, 0.4) is 0 Å². The van der Waals surface area contributed by atoms with Gasteiger partial charge in [-0.3, -0.25) is 4.79 Å². The Morgan fingerprint density at radius 1 is 1.07 bits per heavy atom. The minimum atomic E-state index is -0.996. The number of aliphatic carboxylic acids is 1. The highest BCUT2D eigenvalue weighted by Crippen LogP contribution is 2.40. The molecule has 27 heavy (non-hydrogen) atoms.